The van der Waals surface area contributed by atoms with Gasteiger partial charge in [-0.2, -0.15) is 8.42 Å². The first-order valence-electron chi connectivity index (χ1n) is 8.92. The highest BCUT2D eigenvalue weighted by Crippen LogP contribution is 2.39. The number of fused-ring (bicyclic) bond motifs is 1. The summed E-state index contributed by atoms with van der Waals surface area (Å²) in [7, 11) is -2.53. The minimum atomic E-state index is -4.19. The van der Waals surface area contributed by atoms with Crippen molar-refractivity contribution in [1.29, 1.82) is 0 Å². The number of rotatable bonds is 7. The largest absolute Gasteiger partial charge is 0.506 e. The lowest BCUT2D eigenvalue weighted by Crippen LogP contribution is -2.36. The van der Waals surface area contributed by atoms with Gasteiger partial charge in [0.1, 0.15) is 18.0 Å². The number of unbranched alkanes of at least 4 members (excludes halogenated alkanes) is 1. The molecule has 1 fully saturated rings. The van der Waals surface area contributed by atoms with Crippen molar-refractivity contribution in [2.24, 2.45) is 0 Å². The highest BCUT2D eigenvalue weighted by molar-refractivity contribution is 7.92. The lowest BCUT2D eigenvalue weighted by Gasteiger charge is -2.28. The average Bonchev–Trinajstić information content (AvgIpc) is 2.87. The zero-order valence-electron chi connectivity index (χ0n) is 15.1. The van der Waals surface area contributed by atoms with Crippen molar-refractivity contribution in [3.63, 3.8) is 0 Å². The standard InChI is InChI=1S/C17H24FN3O5S/c1-26-7-3-2-6-19-12-5-4-11-8-14(22)17(16(18)13(11)9-12)21-10-15(23)20-27(21,24)25/h8,12,19,22H,2-7,9-10H2,1H3,(H,20,23)/t12-/m1/s1. The summed E-state index contributed by atoms with van der Waals surface area (Å²) >= 11 is 0. The molecule has 3 N–H and O–H groups in total. The Morgan fingerprint density at radius 2 is 2.22 bits per heavy atom. The van der Waals surface area contributed by atoms with E-state index in [4.69, 9.17) is 4.74 Å². The minimum absolute atomic E-state index is 0.0712. The molecule has 0 radical (unpaired) electrons. The van der Waals surface area contributed by atoms with Crippen LogP contribution in [0.15, 0.2) is 6.07 Å². The summed E-state index contributed by atoms with van der Waals surface area (Å²) in [5, 5.41) is 13.6. The van der Waals surface area contributed by atoms with Crippen LogP contribution in [-0.4, -0.2) is 52.3 Å². The number of ether oxygens (including phenoxy) is 1. The molecular formula is C17H24FN3O5S. The van der Waals surface area contributed by atoms with E-state index in [1.54, 1.807) is 11.8 Å². The van der Waals surface area contributed by atoms with Gasteiger partial charge in [0.2, 0.25) is 0 Å². The number of hydrogen-bond donors (Lipinski definition) is 3. The first-order valence-corrected chi connectivity index (χ1v) is 10.4. The van der Waals surface area contributed by atoms with E-state index in [-0.39, 0.29) is 6.04 Å². The molecule has 8 nitrogen and oxygen atoms in total. The number of carbonyl (C=O) groups excluding carboxylic acids is 1. The van der Waals surface area contributed by atoms with Crippen molar-refractivity contribution in [2.45, 2.75) is 38.1 Å². The lowest BCUT2D eigenvalue weighted by atomic mass is 9.87. The van der Waals surface area contributed by atoms with E-state index in [2.05, 4.69) is 5.32 Å². The van der Waals surface area contributed by atoms with Crippen LogP contribution in [0.3, 0.4) is 0 Å². The van der Waals surface area contributed by atoms with Gasteiger partial charge >= 0.3 is 10.2 Å². The second-order valence-electron chi connectivity index (χ2n) is 6.83. The predicted molar refractivity (Wildman–Crippen MR) is 97.4 cm³/mol. The second-order valence-corrected chi connectivity index (χ2v) is 8.42. The quantitative estimate of drug-likeness (QED) is 0.577. The monoisotopic (exact) mass is 401 g/mol. The number of anilines is 1. The van der Waals surface area contributed by atoms with Crippen LogP contribution in [0.1, 0.15) is 30.4 Å². The summed E-state index contributed by atoms with van der Waals surface area (Å²) in [6, 6.07) is 1.47. The number of phenolic OH excluding ortho intramolecular Hbond substituents is 1. The molecule has 1 heterocycles. The maximum atomic E-state index is 15.1. The van der Waals surface area contributed by atoms with E-state index in [0.29, 0.717) is 34.9 Å². The number of benzene rings is 1. The topological polar surface area (TPSA) is 108 Å². The number of halogens is 1. The first kappa shape index (κ1) is 19.8. The molecule has 0 aromatic heterocycles. The number of methoxy groups -OCH3 is 1. The summed E-state index contributed by atoms with van der Waals surface area (Å²) in [4.78, 5) is 11.4. The summed E-state index contributed by atoms with van der Waals surface area (Å²) in [5.41, 5.74) is 0.591. The molecule has 2 aliphatic rings. The molecule has 1 aliphatic carbocycles. The zero-order valence-corrected chi connectivity index (χ0v) is 15.9. The first-order chi connectivity index (χ1) is 12.8. The second kappa shape index (κ2) is 7.99. The Balaban J connectivity index is 1.79. The van der Waals surface area contributed by atoms with Crippen LogP contribution in [0, 0.1) is 5.82 Å². The van der Waals surface area contributed by atoms with Gasteiger partial charge < -0.3 is 15.2 Å². The summed E-state index contributed by atoms with van der Waals surface area (Å²) < 4.78 is 46.6. The van der Waals surface area contributed by atoms with E-state index in [1.807, 2.05) is 0 Å². The fourth-order valence-corrected chi connectivity index (χ4v) is 4.74. The molecule has 1 aromatic rings. The molecule has 0 saturated carbocycles. The number of carbonyl (C=O) groups is 1. The fraction of sp³-hybridized carbons (Fsp3) is 0.588. The molecule has 1 aliphatic heterocycles. The highest BCUT2D eigenvalue weighted by Gasteiger charge is 2.39. The zero-order chi connectivity index (χ0) is 19.6. The third-order valence-corrected chi connectivity index (χ3v) is 6.28. The normalized spacial score (nSPS) is 21.2. The molecule has 1 aromatic carbocycles. The fourth-order valence-electron chi connectivity index (χ4n) is 3.57. The number of amides is 1. The van der Waals surface area contributed by atoms with Crippen LogP contribution in [0.2, 0.25) is 0 Å². The van der Waals surface area contributed by atoms with Crippen molar-refractivity contribution < 1.29 is 27.4 Å². The van der Waals surface area contributed by atoms with Gasteiger partial charge in [-0.3, -0.25) is 4.79 Å². The van der Waals surface area contributed by atoms with Gasteiger partial charge in [0, 0.05) is 19.8 Å². The Bertz CT molecular complexity index is 830. The van der Waals surface area contributed by atoms with Crippen LogP contribution in [0.4, 0.5) is 10.1 Å². The highest BCUT2D eigenvalue weighted by atomic mass is 32.2. The Morgan fingerprint density at radius 1 is 1.44 bits per heavy atom. The molecule has 3 rings (SSSR count). The van der Waals surface area contributed by atoms with Crippen molar-refractivity contribution in [3.8, 4) is 5.75 Å². The number of aromatic hydroxyl groups is 1. The molecule has 150 valence electrons. The van der Waals surface area contributed by atoms with Crippen molar-refractivity contribution in [2.75, 3.05) is 31.1 Å². The predicted octanol–water partition coefficient (Wildman–Crippen LogP) is 0.586. The smallest absolute Gasteiger partial charge is 0.326 e. The number of nitrogens with zero attached hydrogens (tertiary/aromatic N) is 1. The summed E-state index contributed by atoms with van der Waals surface area (Å²) in [6.45, 7) is 0.936. The Labute approximate surface area is 157 Å². The molecule has 27 heavy (non-hydrogen) atoms. The average molecular weight is 401 g/mol. The van der Waals surface area contributed by atoms with E-state index in [1.165, 1.54) is 6.07 Å². The number of nitrogens with one attached hydrogen (secondary N) is 2. The molecule has 1 saturated heterocycles. The molecule has 1 amide bonds. The van der Waals surface area contributed by atoms with Crippen LogP contribution in [-0.2, 0) is 32.6 Å². The Kier molecular flexibility index (Phi) is 5.87. The Morgan fingerprint density at radius 3 is 2.89 bits per heavy atom. The maximum absolute atomic E-state index is 15.1. The number of phenols is 1. The van der Waals surface area contributed by atoms with Crippen LogP contribution < -0.4 is 14.3 Å². The van der Waals surface area contributed by atoms with Gasteiger partial charge in [0.15, 0.2) is 5.82 Å². The molecule has 0 spiro atoms. The maximum Gasteiger partial charge on any atom is 0.326 e. The van der Waals surface area contributed by atoms with Gasteiger partial charge in [-0.05, 0) is 55.8 Å². The van der Waals surface area contributed by atoms with Crippen LogP contribution in [0.25, 0.3) is 0 Å². The third-order valence-electron chi connectivity index (χ3n) is 4.90. The van der Waals surface area contributed by atoms with E-state index in [9.17, 15) is 18.3 Å². The van der Waals surface area contributed by atoms with Gasteiger partial charge in [-0.25, -0.2) is 13.4 Å². The van der Waals surface area contributed by atoms with Gasteiger partial charge in [-0.15, -0.1) is 0 Å². The lowest BCUT2D eigenvalue weighted by molar-refractivity contribution is -0.117. The SMILES string of the molecule is COCCCCN[C@@H]1CCc2cc(O)c(N3CC(=O)NS3(=O)=O)c(F)c2C1. The van der Waals surface area contributed by atoms with Gasteiger partial charge in [0.05, 0.1) is 0 Å². The Hall–Kier alpha value is -1.91. The van der Waals surface area contributed by atoms with Crippen LogP contribution in [0.5, 0.6) is 5.75 Å². The summed E-state index contributed by atoms with van der Waals surface area (Å²) in [5.74, 6) is -2.02. The van der Waals surface area contributed by atoms with Crippen molar-refractivity contribution in [3.05, 3.63) is 23.0 Å². The molecule has 10 heteroatoms. The van der Waals surface area contributed by atoms with Crippen LogP contribution >= 0.6 is 0 Å². The van der Waals surface area contributed by atoms with E-state index in [0.717, 1.165) is 25.8 Å². The van der Waals surface area contributed by atoms with Gasteiger partial charge in [0.25, 0.3) is 5.91 Å². The molecule has 0 bridgehead atoms. The van der Waals surface area contributed by atoms with E-state index >= 15 is 4.39 Å². The molecule has 1 atom stereocenters. The third kappa shape index (κ3) is 4.17. The van der Waals surface area contributed by atoms with Crippen molar-refractivity contribution in [1.82, 2.24) is 10.0 Å². The minimum Gasteiger partial charge on any atom is -0.506 e. The summed E-state index contributed by atoms with van der Waals surface area (Å²) in [6.07, 6.45) is 3.67. The van der Waals surface area contributed by atoms with E-state index < -0.39 is 39.9 Å². The molecular weight excluding hydrogens is 377 g/mol. The van der Waals surface area contributed by atoms with Gasteiger partial charge in [-0.1, -0.05) is 0 Å². The number of aryl methyl sites for hydroxylation is 1. The molecule has 0 unspecified atom stereocenters. The number of hydrogen-bond acceptors (Lipinski definition) is 6. The van der Waals surface area contributed by atoms with Crippen molar-refractivity contribution >= 4 is 21.8 Å².